The van der Waals surface area contributed by atoms with Gasteiger partial charge in [0.15, 0.2) is 5.82 Å². The van der Waals surface area contributed by atoms with Crippen LogP contribution in [0.4, 0.5) is 5.95 Å². The van der Waals surface area contributed by atoms with Crippen LogP contribution >= 0.6 is 22.7 Å². The molecular formula is C17H15N5S2. The van der Waals surface area contributed by atoms with Crippen molar-refractivity contribution in [3.63, 3.8) is 0 Å². The molecular weight excluding hydrogens is 338 g/mol. The lowest BCUT2D eigenvalue weighted by Crippen LogP contribution is -2.01. The van der Waals surface area contributed by atoms with Crippen LogP contribution in [0.3, 0.4) is 0 Å². The predicted molar refractivity (Wildman–Crippen MR) is 99.7 cm³/mol. The molecule has 0 aliphatic rings. The number of hydrogen-bond donors (Lipinski definition) is 1. The highest BCUT2D eigenvalue weighted by atomic mass is 32.1. The molecule has 2 N–H and O–H groups in total. The molecule has 24 heavy (non-hydrogen) atoms. The minimum atomic E-state index is 0.348. The first kappa shape index (κ1) is 15.0. The van der Waals surface area contributed by atoms with Crippen LogP contribution in [-0.2, 0) is 0 Å². The van der Waals surface area contributed by atoms with Crippen LogP contribution in [0.1, 0.15) is 11.1 Å². The number of thiazole rings is 1. The van der Waals surface area contributed by atoms with E-state index in [1.165, 1.54) is 22.5 Å². The molecule has 0 saturated heterocycles. The van der Waals surface area contributed by atoms with Crippen molar-refractivity contribution in [2.24, 2.45) is 0 Å². The highest BCUT2D eigenvalue weighted by Crippen LogP contribution is 2.28. The number of rotatable bonds is 3. The first-order valence-corrected chi connectivity index (χ1v) is 9.17. The third kappa shape index (κ3) is 2.72. The molecule has 0 unspecified atom stereocenters. The quantitative estimate of drug-likeness (QED) is 0.595. The van der Waals surface area contributed by atoms with Gasteiger partial charge in [-0.3, -0.25) is 0 Å². The van der Waals surface area contributed by atoms with Crippen LogP contribution < -0.4 is 5.73 Å². The van der Waals surface area contributed by atoms with E-state index in [0.717, 1.165) is 21.3 Å². The van der Waals surface area contributed by atoms with Gasteiger partial charge in [-0.05, 0) is 30.9 Å². The monoisotopic (exact) mass is 353 g/mol. The third-order valence-corrected chi connectivity index (χ3v) is 5.46. The molecule has 0 aliphatic carbocycles. The van der Waals surface area contributed by atoms with Crippen molar-refractivity contribution >= 4 is 28.6 Å². The summed E-state index contributed by atoms with van der Waals surface area (Å²) in [6, 6.07) is 10.4. The Balaban J connectivity index is 1.70. The molecule has 4 rings (SSSR count). The Kier molecular flexibility index (Phi) is 3.66. The molecule has 120 valence electrons. The van der Waals surface area contributed by atoms with Crippen LogP contribution in [0, 0.1) is 13.8 Å². The van der Waals surface area contributed by atoms with Crippen LogP contribution in [0.2, 0.25) is 0 Å². The first-order chi connectivity index (χ1) is 11.6. The lowest BCUT2D eigenvalue weighted by Gasteiger charge is -1.98. The lowest BCUT2D eigenvalue weighted by molar-refractivity contribution is 0.884. The van der Waals surface area contributed by atoms with Gasteiger partial charge >= 0.3 is 0 Å². The minimum Gasteiger partial charge on any atom is -0.368 e. The second-order valence-corrected chi connectivity index (χ2v) is 7.32. The summed E-state index contributed by atoms with van der Waals surface area (Å²) in [5.74, 6) is 0.985. The van der Waals surface area contributed by atoms with Crippen LogP contribution in [0.5, 0.6) is 0 Å². The van der Waals surface area contributed by atoms with E-state index in [0.29, 0.717) is 11.8 Å². The Labute approximate surface area is 147 Å². The summed E-state index contributed by atoms with van der Waals surface area (Å²) < 4.78 is 1.60. The average molecular weight is 353 g/mol. The molecule has 4 aromatic rings. The van der Waals surface area contributed by atoms with Gasteiger partial charge in [0.25, 0.3) is 0 Å². The number of benzene rings is 1. The molecule has 1 aromatic carbocycles. The van der Waals surface area contributed by atoms with E-state index in [-0.39, 0.29) is 0 Å². The fraction of sp³-hybridized carbons (Fsp3) is 0.118. The molecule has 0 atom stereocenters. The lowest BCUT2D eigenvalue weighted by atomic mass is 10.1. The maximum absolute atomic E-state index is 6.05. The van der Waals surface area contributed by atoms with Gasteiger partial charge in [0.05, 0.1) is 10.6 Å². The SMILES string of the molecule is Cc1ccc(-c2csc(-n3nc(-c4cc(C)cs4)nc3N)n2)cc1. The van der Waals surface area contributed by atoms with E-state index in [1.54, 1.807) is 16.0 Å². The molecule has 0 fully saturated rings. The highest BCUT2D eigenvalue weighted by molar-refractivity contribution is 7.13. The van der Waals surface area contributed by atoms with Crippen molar-refractivity contribution in [3.05, 3.63) is 52.2 Å². The number of aromatic nitrogens is 4. The maximum Gasteiger partial charge on any atom is 0.226 e. The number of nitrogens with zero attached hydrogens (tertiary/aromatic N) is 4. The fourth-order valence-electron chi connectivity index (χ4n) is 2.34. The predicted octanol–water partition coefficient (Wildman–Crippen LogP) is 4.32. The topological polar surface area (TPSA) is 69.6 Å². The molecule has 3 heterocycles. The molecule has 0 aliphatic heterocycles. The Morgan fingerprint density at radius 1 is 0.958 bits per heavy atom. The number of thiophene rings is 1. The Hall–Kier alpha value is -2.51. The fourth-order valence-corrected chi connectivity index (χ4v) is 3.95. The maximum atomic E-state index is 6.05. The van der Waals surface area contributed by atoms with Gasteiger partial charge < -0.3 is 5.73 Å². The molecule has 0 saturated carbocycles. The van der Waals surface area contributed by atoms with Crippen LogP contribution in [0.15, 0.2) is 41.1 Å². The second kappa shape index (κ2) is 5.85. The van der Waals surface area contributed by atoms with Gasteiger partial charge in [-0.2, -0.15) is 9.67 Å². The van der Waals surface area contributed by atoms with Crippen LogP contribution in [-0.4, -0.2) is 19.7 Å². The van der Waals surface area contributed by atoms with Crippen molar-refractivity contribution < 1.29 is 0 Å². The Morgan fingerprint density at radius 2 is 1.75 bits per heavy atom. The number of nitrogens with two attached hydrogens (primary N) is 1. The standard InChI is InChI=1S/C17H15N5S2/c1-10-3-5-12(6-4-10)13-9-24-17(19-13)22-16(18)20-15(21-22)14-7-11(2)8-23-14/h3-9H,1-2H3,(H2,18,20,21). The third-order valence-electron chi connectivity index (χ3n) is 3.60. The van der Waals surface area contributed by atoms with Crippen molar-refractivity contribution in [1.29, 1.82) is 0 Å². The minimum absolute atomic E-state index is 0.348. The summed E-state index contributed by atoms with van der Waals surface area (Å²) in [4.78, 5) is 10.0. The van der Waals surface area contributed by atoms with Crippen molar-refractivity contribution in [2.75, 3.05) is 5.73 Å². The molecule has 0 radical (unpaired) electrons. The molecule has 7 heteroatoms. The highest BCUT2D eigenvalue weighted by Gasteiger charge is 2.15. The normalized spacial score (nSPS) is 11.1. The first-order valence-electron chi connectivity index (χ1n) is 7.41. The Morgan fingerprint density at radius 3 is 2.46 bits per heavy atom. The second-order valence-electron chi connectivity index (χ2n) is 5.58. The Bertz CT molecular complexity index is 994. The molecule has 5 nitrogen and oxygen atoms in total. The van der Waals surface area contributed by atoms with E-state index in [2.05, 4.69) is 64.6 Å². The van der Waals surface area contributed by atoms with Crippen molar-refractivity contribution in [2.45, 2.75) is 13.8 Å². The summed E-state index contributed by atoms with van der Waals surface area (Å²) >= 11 is 3.11. The average Bonchev–Trinajstić information content (AvgIpc) is 3.27. The van der Waals surface area contributed by atoms with Gasteiger partial charge in [0.1, 0.15) is 0 Å². The molecule has 0 spiro atoms. The summed E-state index contributed by atoms with van der Waals surface area (Å²) in [6.45, 7) is 4.12. The number of nitrogen functional groups attached to an aromatic ring is 1. The zero-order chi connectivity index (χ0) is 16.7. The van der Waals surface area contributed by atoms with E-state index in [4.69, 9.17) is 5.73 Å². The van der Waals surface area contributed by atoms with Gasteiger partial charge in [-0.25, -0.2) is 4.98 Å². The molecule has 3 aromatic heterocycles. The molecule has 0 bridgehead atoms. The van der Waals surface area contributed by atoms with E-state index in [9.17, 15) is 0 Å². The van der Waals surface area contributed by atoms with Gasteiger partial charge in [0.2, 0.25) is 11.1 Å². The zero-order valence-electron chi connectivity index (χ0n) is 13.2. The summed E-state index contributed by atoms with van der Waals surface area (Å²) in [5, 5.41) is 9.33. The van der Waals surface area contributed by atoms with Crippen molar-refractivity contribution in [1.82, 2.24) is 19.7 Å². The number of aryl methyl sites for hydroxylation is 2. The van der Waals surface area contributed by atoms with Crippen molar-refractivity contribution in [3.8, 4) is 27.1 Å². The van der Waals surface area contributed by atoms with E-state index >= 15 is 0 Å². The number of anilines is 1. The van der Waals surface area contributed by atoms with E-state index < -0.39 is 0 Å². The van der Waals surface area contributed by atoms with Gasteiger partial charge in [-0.1, -0.05) is 29.8 Å². The molecule has 0 amide bonds. The summed E-state index contributed by atoms with van der Waals surface area (Å²) in [5.41, 5.74) is 10.5. The van der Waals surface area contributed by atoms with Crippen LogP contribution in [0.25, 0.3) is 27.1 Å². The zero-order valence-corrected chi connectivity index (χ0v) is 14.9. The van der Waals surface area contributed by atoms with E-state index in [1.807, 2.05) is 5.38 Å². The summed E-state index contributed by atoms with van der Waals surface area (Å²) in [6.07, 6.45) is 0. The summed E-state index contributed by atoms with van der Waals surface area (Å²) in [7, 11) is 0. The number of hydrogen-bond acceptors (Lipinski definition) is 6. The van der Waals surface area contributed by atoms with Gasteiger partial charge in [-0.15, -0.1) is 27.8 Å². The largest absolute Gasteiger partial charge is 0.368 e. The smallest absolute Gasteiger partial charge is 0.226 e. The van der Waals surface area contributed by atoms with Gasteiger partial charge in [0, 0.05) is 10.9 Å².